The van der Waals surface area contributed by atoms with Crippen LogP contribution in [0.2, 0.25) is 0 Å². The third-order valence-corrected chi connectivity index (χ3v) is 2.71. The summed E-state index contributed by atoms with van der Waals surface area (Å²) in [6.07, 6.45) is 0. The van der Waals surface area contributed by atoms with E-state index in [4.69, 9.17) is 4.74 Å². The molecule has 0 spiro atoms. The van der Waals surface area contributed by atoms with Crippen molar-refractivity contribution < 1.29 is 4.74 Å². The second-order valence-electron chi connectivity index (χ2n) is 3.82. The molecule has 1 saturated heterocycles. The molecule has 1 aromatic heterocycles. The molecule has 0 amide bonds. The molecule has 2 heterocycles. The summed E-state index contributed by atoms with van der Waals surface area (Å²) in [6.45, 7) is 7.51. The van der Waals surface area contributed by atoms with Crippen LogP contribution in [-0.2, 0) is 4.74 Å². The van der Waals surface area contributed by atoms with Gasteiger partial charge in [-0.15, -0.1) is 5.10 Å². The lowest BCUT2D eigenvalue weighted by atomic mass is 10.4. The molecule has 0 bridgehead atoms. The topological polar surface area (TPSA) is 43.2 Å². The monoisotopic (exact) mass is 274 g/mol. The smallest absolute Gasteiger partial charge is 0.225 e. The van der Waals surface area contributed by atoms with Gasteiger partial charge < -0.3 is 9.64 Å². The van der Waals surface area contributed by atoms with Crippen LogP contribution in [0.1, 0.15) is 19.9 Å². The normalized spacial score (nSPS) is 17.5. The van der Waals surface area contributed by atoms with Gasteiger partial charge in [0.05, 0.1) is 19.3 Å². The zero-order chi connectivity index (χ0) is 10.8. The first-order chi connectivity index (χ1) is 7.18. The lowest BCUT2D eigenvalue weighted by Gasteiger charge is -2.28. The van der Waals surface area contributed by atoms with E-state index in [2.05, 4.69) is 44.8 Å². The number of nitrogens with zero attached hydrogens (tertiary/aromatic N) is 4. The molecule has 84 valence electrons. The van der Waals surface area contributed by atoms with Gasteiger partial charge in [0.15, 0.2) is 0 Å². The van der Waals surface area contributed by atoms with Crippen LogP contribution in [-0.4, -0.2) is 41.1 Å². The fourth-order valence-corrected chi connectivity index (χ4v) is 1.94. The molecule has 15 heavy (non-hydrogen) atoms. The molecule has 0 radical (unpaired) electrons. The molecule has 1 aliphatic heterocycles. The number of rotatable bonds is 2. The summed E-state index contributed by atoms with van der Waals surface area (Å²) in [4.78, 5) is 6.60. The van der Waals surface area contributed by atoms with E-state index < -0.39 is 0 Å². The van der Waals surface area contributed by atoms with Crippen LogP contribution in [0.15, 0.2) is 4.73 Å². The molecule has 0 aliphatic carbocycles. The van der Waals surface area contributed by atoms with E-state index in [1.54, 1.807) is 0 Å². The number of ether oxygens (including phenoxy) is 1. The van der Waals surface area contributed by atoms with Crippen LogP contribution in [0.4, 0.5) is 5.95 Å². The number of aromatic nitrogens is 3. The highest BCUT2D eigenvalue weighted by molar-refractivity contribution is 9.10. The third-order valence-electron chi connectivity index (χ3n) is 2.37. The Hall–Kier alpha value is -0.620. The Morgan fingerprint density at radius 3 is 2.60 bits per heavy atom. The van der Waals surface area contributed by atoms with E-state index >= 15 is 0 Å². The van der Waals surface area contributed by atoms with Gasteiger partial charge in [-0.05, 0) is 29.8 Å². The predicted octanol–water partition coefficient (Wildman–Crippen LogP) is 1.46. The molecular weight excluding hydrogens is 260 g/mol. The van der Waals surface area contributed by atoms with Crippen molar-refractivity contribution in [1.82, 2.24) is 14.8 Å². The molecular formula is C9H15BrN4O. The Balaban J connectivity index is 2.25. The minimum Gasteiger partial charge on any atom is -0.378 e. The Morgan fingerprint density at radius 2 is 2.00 bits per heavy atom. The van der Waals surface area contributed by atoms with Gasteiger partial charge in [-0.1, -0.05) is 0 Å². The lowest BCUT2D eigenvalue weighted by Crippen LogP contribution is -2.38. The first-order valence-electron chi connectivity index (χ1n) is 5.13. The highest BCUT2D eigenvalue weighted by atomic mass is 79.9. The van der Waals surface area contributed by atoms with Crippen molar-refractivity contribution in [1.29, 1.82) is 0 Å². The van der Waals surface area contributed by atoms with Crippen LogP contribution >= 0.6 is 15.9 Å². The molecule has 0 N–H and O–H groups in total. The summed E-state index contributed by atoms with van der Waals surface area (Å²) < 4.78 is 7.91. The van der Waals surface area contributed by atoms with Gasteiger partial charge in [0.2, 0.25) is 10.7 Å². The molecule has 0 atom stereocenters. The fraction of sp³-hybridized carbons (Fsp3) is 0.778. The average molecular weight is 275 g/mol. The van der Waals surface area contributed by atoms with Crippen molar-refractivity contribution in [2.45, 2.75) is 19.9 Å². The fourth-order valence-electron chi connectivity index (χ4n) is 1.62. The SMILES string of the molecule is CC(C)n1nc(Br)nc1N1CCOCC1. The maximum absolute atomic E-state index is 5.32. The molecule has 6 heteroatoms. The Morgan fingerprint density at radius 1 is 1.33 bits per heavy atom. The zero-order valence-corrected chi connectivity index (χ0v) is 10.6. The van der Waals surface area contributed by atoms with Crippen molar-refractivity contribution >= 4 is 21.9 Å². The second kappa shape index (κ2) is 4.49. The largest absolute Gasteiger partial charge is 0.378 e. The maximum Gasteiger partial charge on any atom is 0.225 e. The first-order valence-corrected chi connectivity index (χ1v) is 5.92. The van der Waals surface area contributed by atoms with Crippen molar-refractivity contribution in [2.75, 3.05) is 31.2 Å². The van der Waals surface area contributed by atoms with Gasteiger partial charge in [-0.2, -0.15) is 4.98 Å². The minimum absolute atomic E-state index is 0.321. The van der Waals surface area contributed by atoms with Crippen molar-refractivity contribution in [3.05, 3.63) is 4.73 Å². The summed E-state index contributed by atoms with van der Waals surface area (Å²) >= 11 is 3.32. The number of halogens is 1. The predicted molar refractivity (Wildman–Crippen MR) is 61.1 cm³/mol. The van der Waals surface area contributed by atoms with Crippen molar-refractivity contribution in [3.8, 4) is 0 Å². The molecule has 2 rings (SSSR count). The third kappa shape index (κ3) is 2.31. The highest BCUT2D eigenvalue weighted by Crippen LogP contribution is 2.20. The molecule has 0 saturated carbocycles. The standard InChI is InChI=1S/C9H15BrN4O/c1-7(2)14-9(11-8(10)12-14)13-3-5-15-6-4-13/h7H,3-6H2,1-2H3. The summed E-state index contributed by atoms with van der Waals surface area (Å²) in [6, 6.07) is 0.321. The second-order valence-corrected chi connectivity index (χ2v) is 4.53. The summed E-state index contributed by atoms with van der Waals surface area (Å²) in [5.41, 5.74) is 0. The van der Waals surface area contributed by atoms with Gasteiger partial charge in [0.25, 0.3) is 0 Å². The van der Waals surface area contributed by atoms with E-state index in [9.17, 15) is 0 Å². The van der Waals surface area contributed by atoms with E-state index in [-0.39, 0.29) is 0 Å². The summed E-state index contributed by atoms with van der Waals surface area (Å²) in [5, 5.41) is 4.33. The number of anilines is 1. The Labute approximate surface area is 97.5 Å². The van der Waals surface area contributed by atoms with Gasteiger partial charge >= 0.3 is 0 Å². The van der Waals surface area contributed by atoms with Gasteiger partial charge in [0.1, 0.15) is 0 Å². The van der Waals surface area contributed by atoms with Crippen molar-refractivity contribution in [3.63, 3.8) is 0 Å². The van der Waals surface area contributed by atoms with Crippen LogP contribution in [0, 0.1) is 0 Å². The molecule has 1 aromatic rings. The molecule has 1 fully saturated rings. The maximum atomic E-state index is 5.32. The highest BCUT2D eigenvalue weighted by Gasteiger charge is 2.19. The van der Waals surface area contributed by atoms with Crippen LogP contribution < -0.4 is 4.90 Å². The van der Waals surface area contributed by atoms with E-state index in [1.807, 2.05) is 4.68 Å². The zero-order valence-electron chi connectivity index (χ0n) is 8.98. The molecule has 0 aromatic carbocycles. The summed E-state index contributed by atoms with van der Waals surface area (Å²) in [5.74, 6) is 0.931. The van der Waals surface area contributed by atoms with Gasteiger partial charge in [-0.25, -0.2) is 4.68 Å². The summed E-state index contributed by atoms with van der Waals surface area (Å²) in [7, 11) is 0. The quantitative estimate of drug-likeness (QED) is 0.819. The van der Waals surface area contributed by atoms with Crippen molar-refractivity contribution in [2.24, 2.45) is 0 Å². The van der Waals surface area contributed by atoms with Crippen LogP contribution in [0.3, 0.4) is 0 Å². The number of hydrogen-bond donors (Lipinski definition) is 0. The van der Waals surface area contributed by atoms with Gasteiger partial charge in [0, 0.05) is 13.1 Å². The van der Waals surface area contributed by atoms with Crippen LogP contribution in [0.25, 0.3) is 0 Å². The minimum atomic E-state index is 0.321. The average Bonchev–Trinajstić information content (AvgIpc) is 2.62. The Bertz CT molecular complexity index is 333. The van der Waals surface area contributed by atoms with Crippen LogP contribution in [0.5, 0.6) is 0 Å². The molecule has 1 aliphatic rings. The van der Waals surface area contributed by atoms with E-state index in [0.717, 1.165) is 32.3 Å². The van der Waals surface area contributed by atoms with E-state index in [1.165, 1.54) is 0 Å². The molecule has 0 unspecified atom stereocenters. The lowest BCUT2D eigenvalue weighted by molar-refractivity contribution is 0.121. The Kier molecular flexibility index (Phi) is 3.25. The van der Waals surface area contributed by atoms with Gasteiger partial charge in [-0.3, -0.25) is 0 Å². The number of morpholine rings is 1. The van der Waals surface area contributed by atoms with E-state index in [0.29, 0.717) is 10.8 Å². The number of hydrogen-bond acceptors (Lipinski definition) is 4. The molecule has 5 nitrogen and oxygen atoms in total. The first kappa shape index (κ1) is 10.9.